The number of benzene rings is 2. The molecule has 0 spiro atoms. The molecule has 0 bridgehead atoms. The Morgan fingerprint density at radius 1 is 0.971 bits per heavy atom. The van der Waals surface area contributed by atoms with Crippen molar-refractivity contribution in [2.75, 3.05) is 39.5 Å². The lowest BCUT2D eigenvalue weighted by atomic mass is 9.98. The minimum Gasteiger partial charge on any atom is -0.481 e. The van der Waals surface area contributed by atoms with Gasteiger partial charge < -0.3 is 30.0 Å². The van der Waals surface area contributed by atoms with E-state index in [4.69, 9.17) is 19.3 Å². The maximum absolute atomic E-state index is 12.4. The number of aliphatic carboxylic acids is 1. The van der Waals surface area contributed by atoms with Crippen LogP contribution in [0.4, 0.5) is 4.79 Å². The van der Waals surface area contributed by atoms with Crippen LogP contribution in [0.1, 0.15) is 29.9 Å². The average Bonchev–Trinajstić information content (AvgIpc) is 3.46. The molecule has 9 nitrogen and oxygen atoms in total. The summed E-state index contributed by atoms with van der Waals surface area (Å²) in [6.07, 6.45) is -0.618. The highest BCUT2D eigenvalue weighted by Crippen LogP contribution is 2.44. The number of fused-ring (bicyclic) bond motifs is 3. The molecule has 1 aliphatic heterocycles. The number of hydrogen-bond acceptors (Lipinski definition) is 6. The van der Waals surface area contributed by atoms with Crippen LogP contribution in [0.15, 0.2) is 48.5 Å². The van der Waals surface area contributed by atoms with E-state index < -0.39 is 18.2 Å². The van der Waals surface area contributed by atoms with Gasteiger partial charge in [-0.15, -0.1) is 0 Å². The van der Waals surface area contributed by atoms with E-state index in [9.17, 15) is 14.4 Å². The van der Waals surface area contributed by atoms with Crippen LogP contribution in [0.3, 0.4) is 0 Å². The SMILES string of the molecule is O=C(O)CCOCCNC(=O)C1OCCC1CNC(=O)OCC1c2ccccc2-c2ccccc21. The van der Waals surface area contributed by atoms with Crippen molar-refractivity contribution < 1.29 is 33.7 Å². The number of carbonyl (C=O) groups excluding carboxylic acids is 2. The third-order valence-corrected chi connectivity index (χ3v) is 6.33. The zero-order valence-corrected chi connectivity index (χ0v) is 19.4. The molecule has 0 radical (unpaired) electrons. The maximum Gasteiger partial charge on any atom is 0.407 e. The van der Waals surface area contributed by atoms with Crippen molar-refractivity contribution in [3.05, 3.63) is 59.7 Å². The van der Waals surface area contributed by atoms with Crippen molar-refractivity contribution in [1.29, 1.82) is 0 Å². The molecule has 9 heteroatoms. The minimum atomic E-state index is -0.930. The summed E-state index contributed by atoms with van der Waals surface area (Å²) in [7, 11) is 0. The monoisotopic (exact) mass is 482 g/mol. The predicted octanol–water partition coefficient (Wildman–Crippen LogP) is 2.54. The van der Waals surface area contributed by atoms with Gasteiger partial charge in [0.1, 0.15) is 12.7 Å². The molecule has 186 valence electrons. The van der Waals surface area contributed by atoms with Gasteiger partial charge in [-0.1, -0.05) is 48.5 Å². The lowest BCUT2D eigenvalue weighted by Gasteiger charge is -2.19. The molecule has 1 fully saturated rings. The molecule has 35 heavy (non-hydrogen) atoms. The largest absolute Gasteiger partial charge is 0.481 e. The summed E-state index contributed by atoms with van der Waals surface area (Å²) in [6, 6.07) is 16.3. The van der Waals surface area contributed by atoms with Crippen LogP contribution in [0, 0.1) is 5.92 Å². The lowest BCUT2D eigenvalue weighted by molar-refractivity contribution is -0.138. The van der Waals surface area contributed by atoms with Gasteiger partial charge in [0.2, 0.25) is 5.91 Å². The minimum absolute atomic E-state index is 0.0146. The van der Waals surface area contributed by atoms with Crippen LogP contribution < -0.4 is 10.6 Å². The fourth-order valence-corrected chi connectivity index (χ4v) is 4.61. The molecule has 2 aliphatic rings. The Hall–Kier alpha value is -3.43. The van der Waals surface area contributed by atoms with Gasteiger partial charge in [-0.3, -0.25) is 9.59 Å². The molecule has 0 aromatic heterocycles. The summed E-state index contributed by atoms with van der Waals surface area (Å²) < 4.78 is 16.3. The van der Waals surface area contributed by atoms with Crippen LogP contribution in [0.25, 0.3) is 11.1 Å². The second-order valence-electron chi connectivity index (χ2n) is 8.59. The molecule has 1 saturated heterocycles. The Balaban J connectivity index is 1.21. The number of carboxylic acid groups (broad SMARTS) is 1. The van der Waals surface area contributed by atoms with E-state index in [2.05, 4.69) is 34.9 Å². The van der Waals surface area contributed by atoms with Gasteiger partial charge in [0.05, 0.1) is 19.6 Å². The highest BCUT2D eigenvalue weighted by atomic mass is 16.5. The van der Waals surface area contributed by atoms with Crippen LogP contribution in [0.5, 0.6) is 0 Å². The average molecular weight is 483 g/mol. The smallest absolute Gasteiger partial charge is 0.407 e. The topological polar surface area (TPSA) is 123 Å². The van der Waals surface area contributed by atoms with E-state index in [0.717, 1.165) is 11.1 Å². The Morgan fingerprint density at radius 2 is 1.66 bits per heavy atom. The van der Waals surface area contributed by atoms with Crippen molar-refractivity contribution in [3.8, 4) is 11.1 Å². The second-order valence-corrected chi connectivity index (χ2v) is 8.59. The first-order valence-corrected chi connectivity index (χ1v) is 11.8. The van der Waals surface area contributed by atoms with Crippen molar-refractivity contribution >= 4 is 18.0 Å². The Labute approximate surface area is 203 Å². The van der Waals surface area contributed by atoms with Crippen LogP contribution in [0.2, 0.25) is 0 Å². The third-order valence-electron chi connectivity index (χ3n) is 6.33. The molecule has 2 aromatic carbocycles. The van der Waals surface area contributed by atoms with Gasteiger partial charge >= 0.3 is 12.1 Å². The van der Waals surface area contributed by atoms with Crippen LogP contribution in [-0.2, 0) is 23.8 Å². The molecule has 0 saturated carbocycles. The van der Waals surface area contributed by atoms with E-state index in [0.29, 0.717) is 13.0 Å². The fourth-order valence-electron chi connectivity index (χ4n) is 4.61. The van der Waals surface area contributed by atoms with Gasteiger partial charge in [-0.2, -0.15) is 0 Å². The number of nitrogens with one attached hydrogen (secondary N) is 2. The second kappa shape index (κ2) is 11.8. The van der Waals surface area contributed by atoms with E-state index in [1.54, 1.807) is 0 Å². The summed E-state index contributed by atoms with van der Waals surface area (Å²) in [5, 5.41) is 14.1. The number of carboxylic acids is 1. The number of amides is 2. The summed E-state index contributed by atoms with van der Waals surface area (Å²) in [5.74, 6) is -1.38. The third kappa shape index (κ3) is 6.17. The first-order valence-electron chi connectivity index (χ1n) is 11.8. The highest BCUT2D eigenvalue weighted by molar-refractivity contribution is 5.81. The van der Waals surface area contributed by atoms with E-state index in [1.807, 2.05) is 24.3 Å². The quantitative estimate of drug-likeness (QED) is 0.421. The molecule has 2 aromatic rings. The molecular weight excluding hydrogens is 452 g/mol. The van der Waals surface area contributed by atoms with Crippen molar-refractivity contribution in [1.82, 2.24) is 10.6 Å². The number of ether oxygens (including phenoxy) is 3. The van der Waals surface area contributed by atoms with Gasteiger partial charge in [0.15, 0.2) is 0 Å². The van der Waals surface area contributed by atoms with Gasteiger partial charge in [0, 0.05) is 31.5 Å². The molecule has 3 N–H and O–H groups in total. The van der Waals surface area contributed by atoms with Crippen molar-refractivity contribution in [2.24, 2.45) is 5.92 Å². The first kappa shape index (κ1) is 24.7. The predicted molar refractivity (Wildman–Crippen MR) is 127 cm³/mol. The normalized spacial score (nSPS) is 18.5. The number of rotatable bonds is 11. The number of carbonyl (C=O) groups is 3. The summed E-state index contributed by atoms with van der Waals surface area (Å²) in [5.41, 5.74) is 4.63. The Morgan fingerprint density at radius 3 is 2.34 bits per heavy atom. The lowest BCUT2D eigenvalue weighted by Crippen LogP contribution is -2.43. The first-order chi connectivity index (χ1) is 17.0. The Kier molecular flexibility index (Phi) is 8.33. The van der Waals surface area contributed by atoms with Crippen molar-refractivity contribution in [3.63, 3.8) is 0 Å². The van der Waals surface area contributed by atoms with E-state index in [-0.39, 0.29) is 57.1 Å². The van der Waals surface area contributed by atoms with Crippen LogP contribution in [-0.4, -0.2) is 68.7 Å². The molecule has 2 unspecified atom stereocenters. The molecule has 2 amide bonds. The molecule has 1 aliphatic carbocycles. The zero-order chi connectivity index (χ0) is 24.6. The molecule has 1 heterocycles. The number of hydrogen-bond donors (Lipinski definition) is 3. The van der Waals surface area contributed by atoms with Crippen LogP contribution >= 0.6 is 0 Å². The van der Waals surface area contributed by atoms with Gasteiger partial charge in [-0.25, -0.2) is 4.79 Å². The van der Waals surface area contributed by atoms with E-state index >= 15 is 0 Å². The maximum atomic E-state index is 12.4. The summed E-state index contributed by atoms with van der Waals surface area (Å²) in [4.78, 5) is 35.4. The highest BCUT2D eigenvalue weighted by Gasteiger charge is 2.34. The molecule has 2 atom stereocenters. The van der Waals surface area contributed by atoms with Gasteiger partial charge in [0.25, 0.3) is 0 Å². The zero-order valence-electron chi connectivity index (χ0n) is 19.4. The fraction of sp³-hybridized carbons (Fsp3) is 0.423. The van der Waals surface area contributed by atoms with Crippen molar-refractivity contribution in [2.45, 2.75) is 24.9 Å². The number of alkyl carbamates (subject to hydrolysis) is 1. The molecular formula is C26H30N2O7. The molecule has 4 rings (SSSR count). The summed E-state index contributed by atoms with van der Waals surface area (Å²) in [6.45, 7) is 1.50. The summed E-state index contributed by atoms with van der Waals surface area (Å²) >= 11 is 0. The standard InChI is InChI=1S/C26H30N2O7/c29-23(30)10-12-33-14-11-27-25(31)24-17(9-13-34-24)15-28-26(32)35-16-22-20-7-3-1-5-18(20)19-6-2-4-8-21(19)22/h1-8,17,22,24H,9-16H2,(H,27,31)(H,28,32)(H,29,30). The van der Waals surface area contributed by atoms with E-state index in [1.165, 1.54) is 11.1 Å². The Bertz CT molecular complexity index is 1010. The van der Waals surface area contributed by atoms with Gasteiger partial charge in [-0.05, 0) is 28.7 Å².